The number of halogens is 2. The molecule has 0 aromatic carbocycles. The molecule has 1 aliphatic heterocycles. The molecule has 1 fully saturated rings. The second-order valence-corrected chi connectivity index (χ2v) is 3.57. The quantitative estimate of drug-likeness (QED) is 0.614. The monoisotopic (exact) mass is 208 g/mol. The van der Waals surface area contributed by atoms with Crippen molar-refractivity contribution in [3.05, 3.63) is 0 Å². The Hall–Kier alpha value is -0.710. The van der Waals surface area contributed by atoms with E-state index in [1.54, 1.807) is 13.8 Å². The third kappa shape index (κ3) is 2.20. The van der Waals surface area contributed by atoms with Crippen molar-refractivity contribution in [2.45, 2.75) is 45.5 Å². The lowest BCUT2D eigenvalue weighted by atomic mass is 9.92. The molecule has 1 heterocycles. The lowest BCUT2D eigenvalue weighted by Gasteiger charge is -2.37. The van der Waals surface area contributed by atoms with Gasteiger partial charge in [-0.1, -0.05) is 6.92 Å². The third-order valence-electron chi connectivity index (χ3n) is 2.47. The van der Waals surface area contributed by atoms with Crippen molar-refractivity contribution in [3.63, 3.8) is 0 Å². The van der Waals surface area contributed by atoms with Crippen molar-refractivity contribution in [1.82, 2.24) is 0 Å². The molecule has 0 spiro atoms. The van der Waals surface area contributed by atoms with Gasteiger partial charge in [0.1, 0.15) is 6.10 Å². The van der Waals surface area contributed by atoms with E-state index in [9.17, 15) is 13.6 Å². The number of hydrogen-bond acceptors (Lipinski definition) is 3. The maximum Gasteiger partial charge on any atom is 0.303 e. The molecule has 5 heteroatoms. The van der Waals surface area contributed by atoms with Crippen molar-refractivity contribution in [3.8, 4) is 0 Å². The van der Waals surface area contributed by atoms with Crippen molar-refractivity contribution < 1.29 is 23.0 Å². The molecule has 0 saturated carbocycles. The number of hydrogen-bond donors (Lipinski definition) is 0. The molecular formula is C9H14F2O3. The molecule has 82 valence electrons. The van der Waals surface area contributed by atoms with Crippen LogP contribution in [0.5, 0.6) is 0 Å². The van der Waals surface area contributed by atoms with Crippen LogP contribution in [0.4, 0.5) is 8.78 Å². The second-order valence-electron chi connectivity index (χ2n) is 3.57. The van der Waals surface area contributed by atoms with E-state index in [1.165, 1.54) is 6.92 Å². The highest BCUT2D eigenvalue weighted by molar-refractivity contribution is 5.66. The summed E-state index contributed by atoms with van der Waals surface area (Å²) < 4.78 is 35.6. The molecular weight excluding hydrogens is 194 g/mol. The summed E-state index contributed by atoms with van der Waals surface area (Å²) in [5, 5.41) is 0. The average Bonchev–Trinajstić information content (AvgIpc) is 2.09. The lowest BCUT2D eigenvalue weighted by molar-refractivity contribution is -0.223. The summed E-state index contributed by atoms with van der Waals surface area (Å²) in [4.78, 5) is 10.7. The molecule has 1 saturated heterocycles. The summed E-state index contributed by atoms with van der Waals surface area (Å²) in [6, 6.07) is 0. The van der Waals surface area contributed by atoms with Gasteiger partial charge in [0.15, 0.2) is 6.17 Å². The molecule has 0 unspecified atom stereocenters. The van der Waals surface area contributed by atoms with Gasteiger partial charge in [-0.05, 0) is 6.92 Å². The number of ether oxygens (including phenoxy) is 2. The predicted molar refractivity (Wildman–Crippen MR) is 45.1 cm³/mol. The number of esters is 1. The van der Waals surface area contributed by atoms with Crippen molar-refractivity contribution in [2.75, 3.05) is 0 Å². The van der Waals surface area contributed by atoms with Gasteiger partial charge in [-0.25, -0.2) is 8.78 Å². The molecule has 0 radical (unpaired) electrons. The number of carbonyl (C=O) groups is 1. The minimum atomic E-state index is -2.01. The molecule has 0 amide bonds. The van der Waals surface area contributed by atoms with Gasteiger partial charge in [0.25, 0.3) is 0 Å². The van der Waals surface area contributed by atoms with E-state index >= 15 is 0 Å². The molecule has 0 aromatic heterocycles. The van der Waals surface area contributed by atoms with Crippen LogP contribution in [-0.4, -0.2) is 30.7 Å². The first-order chi connectivity index (χ1) is 6.43. The number of carbonyl (C=O) groups excluding carboxylic acids is 1. The first kappa shape index (κ1) is 11.4. The van der Waals surface area contributed by atoms with Crippen molar-refractivity contribution >= 4 is 5.97 Å². The average molecular weight is 208 g/mol. The fourth-order valence-electron chi connectivity index (χ4n) is 1.47. The molecule has 5 atom stereocenters. The van der Waals surface area contributed by atoms with Gasteiger partial charge in [-0.3, -0.25) is 4.79 Å². The van der Waals surface area contributed by atoms with Crippen LogP contribution >= 0.6 is 0 Å². The molecule has 14 heavy (non-hydrogen) atoms. The van der Waals surface area contributed by atoms with Gasteiger partial charge in [0.2, 0.25) is 6.36 Å². The Balaban J connectivity index is 2.71. The van der Waals surface area contributed by atoms with Gasteiger partial charge in [-0.2, -0.15) is 0 Å². The fourth-order valence-corrected chi connectivity index (χ4v) is 1.47. The van der Waals surface area contributed by atoms with Crippen LogP contribution in [0.1, 0.15) is 20.8 Å². The van der Waals surface area contributed by atoms with Crippen LogP contribution in [0.15, 0.2) is 0 Å². The predicted octanol–water partition coefficient (Wildman–Crippen LogP) is 1.61. The highest BCUT2D eigenvalue weighted by Gasteiger charge is 2.44. The lowest BCUT2D eigenvalue weighted by Crippen LogP contribution is -2.50. The fraction of sp³-hybridized carbons (Fsp3) is 0.889. The van der Waals surface area contributed by atoms with Crippen LogP contribution in [0.3, 0.4) is 0 Å². The van der Waals surface area contributed by atoms with Gasteiger partial charge >= 0.3 is 5.97 Å². The molecule has 3 nitrogen and oxygen atoms in total. The summed E-state index contributed by atoms with van der Waals surface area (Å²) in [7, 11) is 0. The van der Waals surface area contributed by atoms with Crippen LogP contribution < -0.4 is 0 Å². The zero-order valence-electron chi connectivity index (χ0n) is 8.37. The first-order valence-corrected chi connectivity index (χ1v) is 4.54. The number of rotatable bonds is 1. The largest absolute Gasteiger partial charge is 0.459 e. The Morgan fingerprint density at radius 2 is 1.93 bits per heavy atom. The topological polar surface area (TPSA) is 35.5 Å². The Morgan fingerprint density at radius 1 is 1.36 bits per heavy atom. The Labute approximate surface area is 81.4 Å². The van der Waals surface area contributed by atoms with Crippen LogP contribution in [0.2, 0.25) is 0 Å². The van der Waals surface area contributed by atoms with Gasteiger partial charge in [-0.15, -0.1) is 0 Å². The Kier molecular flexibility index (Phi) is 3.42. The molecule has 0 N–H and O–H groups in total. The Bertz CT molecular complexity index is 208. The zero-order valence-corrected chi connectivity index (χ0v) is 8.37. The van der Waals surface area contributed by atoms with E-state index < -0.39 is 30.7 Å². The van der Waals surface area contributed by atoms with E-state index in [0.717, 1.165) is 0 Å². The smallest absolute Gasteiger partial charge is 0.303 e. The Morgan fingerprint density at radius 3 is 2.43 bits per heavy atom. The molecule has 0 aliphatic carbocycles. The zero-order chi connectivity index (χ0) is 10.9. The summed E-state index contributed by atoms with van der Waals surface area (Å²) in [5.41, 5.74) is 0. The maximum absolute atomic E-state index is 13.2. The van der Waals surface area contributed by atoms with Gasteiger partial charge < -0.3 is 9.47 Å². The third-order valence-corrected chi connectivity index (χ3v) is 2.47. The normalized spacial score (nSPS) is 43.4. The van der Waals surface area contributed by atoms with E-state index in [4.69, 9.17) is 4.74 Å². The highest BCUT2D eigenvalue weighted by atomic mass is 19.2. The SMILES string of the molecule is CC(=O)O[C@@H]1[C@H](C)[C@H](C)O[C@@H](F)[C@H]1F. The highest BCUT2D eigenvalue weighted by Crippen LogP contribution is 2.30. The van der Waals surface area contributed by atoms with E-state index in [0.29, 0.717) is 0 Å². The number of alkyl halides is 2. The van der Waals surface area contributed by atoms with Crippen LogP contribution in [-0.2, 0) is 14.3 Å². The summed E-state index contributed by atoms with van der Waals surface area (Å²) in [5.74, 6) is -0.952. The maximum atomic E-state index is 13.2. The standard InChI is InChI=1S/C9H14F2O3/c1-4-5(2)13-9(11)7(10)8(4)14-6(3)12/h4-5,7-9H,1-3H3/t4-,5+,7+,8-,9-/m1/s1. The van der Waals surface area contributed by atoms with Crippen molar-refractivity contribution in [2.24, 2.45) is 5.92 Å². The van der Waals surface area contributed by atoms with Crippen LogP contribution in [0, 0.1) is 5.92 Å². The molecule has 0 aromatic rings. The van der Waals surface area contributed by atoms with Crippen molar-refractivity contribution in [1.29, 1.82) is 0 Å². The summed E-state index contributed by atoms with van der Waals surface area (Å²) in [6.07, 6.45) is -5.41. The molecule has 1 aliphatic rings. The minimum absolute atomic E-state index is 0.346. The van der Waals surface area contributed by atoms with E-state index in [2.05, 4.69) is 4.74 Å². The first-order valence-electron chi connectivity index (χ1n) is 4.54. The minimum Gasteiger partial charge on any atom is -0.459 e. The van der Waals surface area contributed by atoms with Crippen LogP contribution in [0.25, 0.3) is 0 Å². The molecule has 0 bridgehead atoms. The van der Waals surface area contributed by atoms with E-state index in [-0.39, 0.29) is 5.92 Å². The summed E-state index contributed by atoms with van der Waals surface area (Å²) >= 11 is 0. The summed E-state index contributed by atoms with van der Waals surface area (Å²) in [6.45, 7) is 4.46. The van der Waals surface area contributed by atoms with Gasteiger partial charge in [0.05, 0.1) is 6.10 Å². The van der Waals surface area contributed by atoms with E-state index in [1.807, 2.05) is 0 Å². The second kappa shape index (κ2) is 4.21. The van der Waals surface area contributed by atoms with Gasteiger partial charge in [0, 0.05) is 12.8 Å². The molecule has 1 rings (SSSR count).